The molecule has 1 N–H and O–H groups in total. The summed E-state index contributed by atoms with van der Waals surface area (Å²) in [6, 6.07) is 11.3. The van der Waals surface area contributed by atoms with Gasteiger partial charge in [0.25, 0.3) is 5.91 Å². The molecule has 2 atom stereocenters. The molecule has 1 fully saturated rings. The van der Waals surface area contributed by atoms with Crippen LogP contribution in [-0.4, -0.2) is 48.9 Å². The molecule has 1 saturated heterocycles. The summed E-state index contributed by atoms with van der Waals surface area (Å²) < 4.78 is 33.0. The van der Waals surface area contributed by atoms with Crippen LogP contribution in [-0.2, 0) is 14.8 Å². The highest BCUT2D eigenvalue weighted by Gasteiger charge is 2.32. The Balaban J connectivity index is 1.83. The number of morpholine rings is 1. The zero-order chi connectivity index (χ0) is 19.6. The smallest absolute Gasteiger partial charge is 0.256 e. The lowest BCUT2D eigenvalue weighted by Crippen LogP contribution is -2.48. The van der Waals surface area contributed by atoms with E-state index in [0.29, 0.717) is 5.82 Å². The number of anilines is 1. The van der Waals surface area contributed by atoms with Crippen LogP contribution < -0.4 is 5.32 Å². The van der Waals surface area contributed by atoms with Crippen molar-refractivity contribution in [2.45, 2.75) is 37.9 Å². The van der Waals surface area contributed by atoms with Gasteiger partial charge in [-0.25, -0.2) is 13.4 Å². The molecule has 0 bridgehead atoms. The van der Waals surface area contributed by atoms with Crippen LogP contribution in [0.15, 0.2) is 47.4 Å². The fraction of sp³-hybridized carbons (Fsp3) is 0.368. The van der Waals surface area contributed by atoms with Crippen molar-refractivity contribution >= 4 is 21.7 Å². The van der Waals surface area contributed by atoms with Gasteiger partial charge in [-0.15, -0.1) is 0 Å². The summed E-state index contributed by atoms with van der Waals surface area (Å²) in [6.07, 6.45) is -0.357. The monoisotopic (exact) mass is 389 g/mol. The van der Waals surface area contributed by atoms with Gasteiger partial charge in [-0.05, 0) is 51.1 Å². The van der Waals surface area contributed by atoms with Crippen LogP contribution in [0.25, 0.3) is 0 Å². The summed E-state index contributed by atoms with van der Waals surface area (Å²) in [4.78, 5) is 16.8. The third-order valence-electron chi connectivity index (χ3n) is 4.25. The molecule has 1 aromatic heterocycles. The molecular formula is C19H23N3O4S. The van der Waals surface area contributed by atoms with E-state index in [-0.39, 0.29) is 35.8 Å². The van der Waals surface area contributed by atoms with Crippen LogP contribution in [0.2, 0.25) is 0 Å². The first-order valence-electron chi connectivity index (χ1n) is 8.76. The minimum Gasteiger partial charge on any atom is -0.373 e. The maximum Gasteiger partial charge on any atom is 0.256 e. The topological polar surface area (TPSA) is 88.6 Å². The van der Waals surface area contributed by atoms with E-state index >= 15 is 0 Å². The van der Waals surface area contributed by atoms with Crippen molar-refractivity contribution in [3.05, 3.63) is 53.7 Å². The Morgan fingerprint density at radius 3 is 2.48 bits per heavy atom. The molecule has 0 spiro atoms. The van der Waals surface area contributed by atoms with Gasteiger partial charge in [-0.3, -0.25) is 4.79 Å². The number of sulfonamides is 1. The zero-order valence-electron chi connectivity index (χ0n) is 15.5. The molecule has 0 radical (unpaired) electrons. The summed E-state index contributed by atoms with van der Waals surface area (Å²) in [7, 11) is -3.71. The Labute approximate surface area is 159 Å². The van der Waals surface area contributed by atoms with Crippen molar-refractivity contribution in [3.63, 3.8) is 0 Å². The molecule has 1 amide bonds. The Hall–Kier alpha value is -2.29. The van der Waals surface area contributed by atoms with Crippen molar-refractivity contribution in [1.29, 1.82) is 0 Å². The molecule has 2 heterocycles. The number of benzene rings is 1. The molecule has 7 nitrogen and oxygen atoms in total. The molecule has 1 aliphatic heterocycles. The maximum absolute atomic E-state index is 13.0. The standard InChI is InChI=1S/C19H23N3O4S/c1-13-6-4-9-18(20-13)21-19(23)16-7-5-8-17(10-16)27(24,25)22-11-14(2)26-15(3)12-22/h4-10,14-15H,11-12H2,1-3H3,(H,20,21,23)/t14-,15-/m1/s1. The van der Waals surface area contributed by atoms with Gasteiger partial charge < -0.3 is 10.1 Å². The predicted octanol–water partition coefficient (Wildman–Crippen LogP) is 2.44. The van der Waals surface area contributed by atoms with Gasteiger partial charge in [-0.2, -0.15) is 4.31 Å². The minimum atomic E-state index is -3.71. The average molecular weight is 389 g/mol. The molecule has 2 aromatic rings. The van der Waals surface area contributed by atoms with E-state index in [1.807, 2.05) is 26.8 Å². The summed E-state index contributed by atoms with van der Waals surface area (Å²) in [5.41, 5.74) is 1.04. The van der Waals surface area contributed by atoms with E-state index in [1.165, 1.54) is 16.4 Å². The third-order valence-corrected chi connectivity index (χ3v) is 6.08. The number of nitrogens with one attached hydrogen (secondary N) is 1. The normalized spacial score (nSPS) is 21.0. The first kappa shape index (κ1) is 19.5. The first-order valence-corrected chi connectivity index (χ1v) is 10.2. The molecule has 3 rings (SSSR count). The fourth-order valence-corrected chi connectivity index (χ4v) is 4.71. The van der Waals surface area contributed by atoms with Crippen LogP contribution >= 0.6 is 0 Å². The number of amides is 1. The number of rotatable bonds is 4. The number of carbonyl (C=O) groups excluding carboxylic acids is 1. The van der Waals surface area contributed by atoms with Gasteiger partial charge in [0.05, 0.1) is 17.1 Å². The second-order valence-corrected chi connectivity index (χ2v) is 8.66. The van der Waals surface area contributed by atoms with Crippen LogP contribution in [0, 0.1) is 6.92 Å². The Bertz CT molecular complexity index is 935. The minimum absolute atomic E-state index is 0.0913. The van der Waals surface area contributed by atoms with Gasteiger partial charge in [0.2, 0.25) is 10.0 Å². The predicted molar refractivity (Wildman–Crippen MR) is 102 cm³/mol. The lowest BCUT2D eigenvalue weighted by Gasteiger charge is -2.34. The SMILES string of the molecule is Cc1cccc(NC(=O)c2cccc(S(=O)(=O)N3C[C@@H](C)O[C@H](C)C3)c2)n1. The second kappa shape index (κ2) is 7.75. The number of pyridine rings is 1. The van der Waals surface area contributed by atoms with Crippen molar-refractivity contribution in [1.82, 2.24) is 9.29 Å². The highest BCUT2D eigenvalue weighted by Crippen LogP contribution is 2.22. The summed E-state index contributed by atoms with van der Waals surface area (Å²) in [5, 5.41) is 2.69. The van der Waals surface area contributed by atoms with Crippen LogP contribution in [0.5, 0.6) is 0 Å². The Morgan fingerprint density at radius 2 is 1.81 bits per heavy atom. The highest BCUT2D eigenvalue weighted by molar-refractivity contribution is 7.89. The highest BCUT2D eigenvalue weighted by atomic mass is 32.2. The van der Waals surface area contributed by atoms with E-state index in [0.717, 1.165) is 5.69 Å². The number of hydrogen-bond donors (Lipinski definition) is 1. The van der Waals surface area contributed by atoms with Crippen molar-refractivity contribution in [3.8, 4) is 0 Å². The summed E-state index contributed by atoms with van der Waals surface area (Å²) in [6.45, 7) is 6.09. The van der Waals surface area contributed by atoms with Crippen LogP contribution in [0.1, 0.15) is 29.9 Å². The number of ether oxygens (including phenoxy) is 1. The van der Waals surface area contributed by atoms with Crippen molar-refractivity contribution in [2.75, 3.05) is 18.4 Å². The van der Waals surface area contributed by atoms with E-state index in [1.54, 1.807) is 24.3 Å². The summed E-state index contributed by atoms with van der Waals surface area (Å²) >= 11 is 0. The second-order valence-electron chi connectivity index (χ2n) is 6.73. The summed E-state index contributed by atoms with van der Waals surface area (Å²) in [5.74, 6) is 0.0120. The lowest BCUT2D eigenvalue weighted by molar-refractivity contribution is -0.0440. The molecule has 8 heteroatoms. The van der Waals surface area contributed by atoms with E-state index in [2.05, 4.69) is 10.3 Å². The molecule has 27 heavy (non-hydrogen) atoms. The van der Waals surface area contributed by atoms with Gasteiger partial charge in [-0.1, -0.05) is 12.1 Å². The zero-order valence-corrected chi connectivity index (χ0v) is 16.4. The molecular weight excluding hydrogens is 366 g/mol. The van der Waals surface area contributed by atoms with Gasteiger partial charge >= 0.3 is 0 Å². The van der Waals surface area contributed by atoms with E-state index in [9.17, 15) is 13.2 Å². The van der Waals surface area contributed by atoms with Gasteiger partial charge in [0, 0.05) is 24.3 Å². The number of aromatic nitrogens is 1. The number of carbonyl (C=O) groups is 1. The third kappa shape index (κ3) is 4.52. The van der Waals surface area contributed by atoms with Gasteiger partial charge in [0.1, 0.15) is 5.82 Å². The van der Waals surface area contributed by atoms with E-state index in [4.69, 9.17) is 4.74 Å². The molecule has 1 aliphatic rings. The number of hydrogen-bond acceptors (Lipinski definition) is 5. The quantitative estimate of drug-likeness (QED) is 0.868. The molecule has 0 unspecified atom stereocenters. The largest absolute Gasteiger partial charge is 0.373 e. The number of nitrogens with zero attached hydrogens (tertiary/aromatic N) is 2. The fourth-order valence-electron chi connectivity index (χ4n) is 3.07. The van der Waals surface area contributed by atoms with Gasteiger partial charge in [0.15, 0.2) is 0 Å². The molecule has 0 saturated carbocycles. The molecule has 1 aromatic carbocycles. The first-order chi connectivity index (χ1) is 12.8. The van der Waals surface area contributed by atoms with Crippen molar-refractivity contribution < 1.29 is 17.9 Å². The maximum atomic E-state index is 13.0. The lowest BCUT2D eigenvalue weighted by atomic mass is 10.2. The molecule has 0 aliphatic carbocycles. The average Bonchev–Trinajstić information content (AvgIpc) is 2.61. The number of aryl methyl sites for hydroxylation is 1. The Morgan fingerprint density at radius 1 is 1.15 bits per heavy atom. The molecule has 144 valence electrons. The Kier molecular flexibility index (Phi) is 5.59. The van der Waals surface area contributed by atoms with Crippen LogP contribution in [0.3, 0.4) is 0 Å². The van der Waals surface area contributed by atoms with Crippen LogP contribution in [0.4, 0.5) is 5.82 Å². The van der Waals surface area contributed by atoms with Crippen molar-refractivity contribution in [2.24, 2.45) is 0 Å². The van der Waals surface area contributed by atoms with E-state index < -0.39 is 15.9 Å².